The van der Waals surface area contributed by atoms with Gasteiger partial charge in [0.2, 0.25) is 0 Å². The zero-order chi connectivity index (χ0) is 13.8. The van der Waals surface area contributed by atoms with E-state index in [1.807, 2.05) is 0 Å². The second kappa shape index (κ2) is 6.43. The molecule has 6 heteroatoms. The maximum absolute atomic E-state index is 12.8. The monoisotopic (exact) mass is 338 g/mol. The van der Waals surface area contributed by atoms with Gasteiger partial charge in [-0.15, -0.1) is 0 Å². The summed E-state index contributed by atoms with van der Waals surface area (Å²) in [5.74, 6) is 0.364. The molecule has 1 aromatic rings. The van der Waals surface area contributed by atoms with Crippen LogP contribution in [0.2, 0.25) is 0 Å². The zero-order valence-electron chi connectivity index (χ0n) is 9.42. The molecule has 0 heterocycles. The van der Waals surface area contributed by atoms with E-state index < -0.39 is 11.7 Å². The van der Waals surface area contributed by atoms with Gasteiger partial charge in [-0.1, -0.05) is 45.9 Å². The lowest BCUT2D eigenvalue weighted by molar-refractivity contribution is -0.137. The Morgan fingerprint density at radius 2 is 2.11 bits per heavy atom. The molecular formula is C12H10BrF3OS. The molecule has 0 aliphatic rings. The van der Waals surface area contributed by atoms with Crippen LogP contribution in [0.15, 0.2) is 28.7 Å². The summed E-state index contributed by atoms with van der Waals surface area (Å²) >= 11 is 4.07. The molecule has 0 saturated heterocycles. The SMILES string of the molecule is CC(=O)SCC=Cc1ccc(Br)cc1C(F)(F)F. The van der Waals surface area contributed by atoms with Crippen molar-refractivity contribution in [1.29, 1.82) is 0 Å². The highest BCUT2D eigenvalue weighted by Crippen LogP contribution is 2.34. The van der Waals surface area contributed by atoms with Gasteiger partial charge in [0, 0.05) is 17.1 Å². The first-order chi connectivity index (χ1) is 8.30. The Hall–Kier alpha value is -0.750. The molecule has 0 spiro atoms. The lowest BCUT2D eigenvalue weighted by Crippen LogP contribution is -2.07. The van der Waals surface area contributed by atoms with Gasteiger partial charge in [0.1, 0.15) is 0 Å². The molecule has 0 N–H and O–H groups in total. The molecule has 0 bridgehead atoms. The second-order valence-corrected chi connectivity index (χ2v) is 5.55. The summed E-state index contributed by atoms with van der Waals surface area (Å²) in [6.07, 6.45) is -1.47. The van der Waals surface area contributed by atoms with E-state index in [0.29, 0.717) is 10.2 Å². The van der Waals surface area contributed by atoms with Crippen molar-refractivity contribution >= 4 is 38.9 Å². The van der Waals surface area contributed by atoms with Crippen molar-refractivity contribution in [3.63, 3.8) is 0 Å². The fourth-order valence-corrected chi connectivity index (χ4v) is 2.05. The Morgan fingerprint density at radius 3 is 2.67 bits per heavy atom. The summed E-state index contributed by atoms with van der Waals surface area (Å²) in [5, 5.41) is -0.0634. The van der Waals surface area contributed by atoms with Crippen LogP contribution in [0.5, 0.6) is 0 Å². The normalized spacial score (nSPS) is 12.1. The number of hydrogen-bond acceptors (Lipinski definition) is 2. The molecule has 0 aliphatic heterocycles. The minimum atomic E-state index is -4.39. The van der Waals surface area contributed by atoms with E-state index in [0.717, 1.165) is 17.8 Å². The van der Waals surface area contributed by atoms with E-state index in [1.165, 1.54) is 19.1 Å². The van der Waals surface area contributed by atoms with Crippen LogP contribution in [-0.2, 0) is 11.0 Å². The molecular weight excluding hydrogens is 329 g/mol. The van der Waals surface area contributed by atoms with Crippen molar-refractivity contribution in [2.75, 3.05) is 5.75 Å². The molecule has 18 heavy (non-hydrogen) atoms. The fraction of sp³-hybridized carbons (Fsp3) is 0.250. The minimum absolute atomic E-state index is 0.0634. The number of thioether (sulfide) groups is 1. The van der Waals surface area contributed by atoms with Crippen molar-refractivity contribution in [2.45, 2.75) is 13.1 Å². The van der Waals surface area contributed by atoms with Crippen molar-refractivity contribution < 1.29 is 18.0 Å². The van der Waals surface area contributed by atoms with E-state index in [2.05, 4.69) is 15.9 Å². The van der Waals surface area contributed by atoms with Gasteiger partial charge in [-0.05, 0) is 17.7 Å². The molecule has 0 radical (unpaired) electrons. The van der Waals surface area contributed by atoms with Crippen LogP contribution in [0.4, 0.5) is 13.2 Å². The molecule has 1 rings (SSSR count). The average molecular weight is 339 g/mol. The van der Waals surface area contributed by atoms with E-state index in [-0.39, 0.29) is 10.7 Å². The van der Waals surface area contributed by atoms with Gasteiger partial charge < -0.3 is 0 Å². The van der Waals surface area contributed by atoms with Crippen LogP contribution in [0.1, 0.15) is 18.1 Å². The first kappa shape index (κ1) is 15.3. The summed E-state index contributed by atoms with van der Waals surface area (Å²) in [5.41, 5.74) is -0.601. The van der Waals surface area contributed by atoms with Crippen LogP contribution in [0.3, 0.4) is 0 Å². The zero-order valence-corrected chi connectivity index (χ0v) is 11.8. The van der Waals surface area contributed by atoms with Crippen molar-refractivity contribution in [3.05, 3.63) is 39.9 Å². The van der Waals surface area contributed by atoms with Crippen LogP contribution in [-0.4, -0.2) is 10.9 Å². The van der Waals surface area contributed by atoms with Crippen LogP contribution in [0.25, 0.3) is 6.08 Å². The van der Waals surface area contributed by atoms with Crippen molar-refractivity contribution in [3.8, 4) is 0 Å². The summed E-state index contributed by atoms with van der Waals surface area (Å²) in [7, 11) is 0. The lowest BCUT2D eigenvalue weighted by atomic mass is 10.1. The fourth-order valence-electron chi connectivity index (χ4n) is 1.26. The van der Waals surface area contributed by atoms with Gasteiger partial charge in [-0.3, -0.25) is 4.79 Å². The van der Waals surface area contributed by atoms with Gasteiger partial charge in [0.15, 0.2) is 5.12 Å². The van der Waals surface area contributed by atoms with Gasteiger partial charge >= 0.3 is 6.18 Å². The quantitative estimate of drug-likeness (QED) is 0.790. The van der Waals surface area contributed by atoms with Gasteiger partial charge in [-0.2, -0.15) is 13.2 Å². The largest absolute Gasteiger partial charge is 0.417 e. The third-order valence-corrected chi connectivity index (χ3v) is 3.26. The van der Waals surface area contributed by atoms with Crippen LogP contribution < -0.4 is 0 Å². The Balaban J connectivity index is 2.92. The Kier molecular flexibility index (Phi) is 5.47. The number of halogens is 4. The number of benzene rings is 1. The number of carbonyl (C=O) groups excluding carboxylic acids is 1. The molecule has 1 aromatic carbocycles. The summed E-state index contributed by atoms with van der Waals surface area (Å²) in [6.45, 7) is 1.42. The van der Waals surface area contributed by atoms with Gasteiger partial charge in [0.25, 0.3) is 0 Å². The van der Waals surface area contributed by atoms with E-state index in [1.54, 1.807) is 12.1 Å². The van der Waals surface area contributed by atoms with Crippen molar-refractivity contribution in [2.24, 2.45) is 0 Å². The molecule has 1 nitrogen and oxygen atoms in total. The molecule has 98 valence electrons. The molecule has 0 amide bonds. The molecule has 0 aromatic heterocycles. The first-order valence-electron chi connectivity index (χ1n) is 4.97. The molecule has 0 unspecified atom stereocenters. The standard InChI is InChI=1S/C12H10BrF3OS/c1-8(17)18-6-2-3-9-4-5-10(13)7-11(9)12(14,15)16/h2-5,7H,6H2,1H3. The predicted octanol–water partition coefficient (Wildman–Crippen LogP) is 4.76. The van der Waals surface area contributed by atoms with Gasteiger partial charge in [0.05, 0.1) is 5.56 Å². The third-order valence-electron chi connectivity index (χ3n) is 2.00. The Labute approximate surface area is 116 Å². The summed E-state index contributed by atoms with van der Waals surface area (Å²) in [4.78, 5) is 10.7. The van der Waals surface area contributed by atoms with E-state index in [9.17, 15) is 18.0 Å². The highest BCUT2D eigenvalue weighted by atomic mass is 79.9. The number of alkyl halides is 3. The first-order valence-corrected chi connectivity index (χ1v) is 6.75. The molecule has 0 atom stereocenters. The smallest absolute Gasteiger partial charge is 0.288 e. The van der Waals surface area contributed by atoms with Gasteiger partial charge in [-0.25, -0.2) is 0 Å². The third kappa shape index (κ3) is 4.86. The van der Waals surface area contributed by atoms with Crippen molar-refractivity contribution in [1.82, 2.24) is 0 Å². The second-order valence-electron chi connectivity index (χ2n) is 3.43. The molecule has 0 fully saturated rings. The highest BCUT2D eigenvalue weighted by Gasteiger charge is 2.32. The summed E-state index contributed by atoms with van der Waals surface area (Å²) < 4.78 is 38.6. The molecule has 0 aliphatic carbocycles. The summed E-state index contributed by atoms with van der Waals surface area (Å²) in [6, 6.07) is 3.98. The Bertz CT molecular complexity index is 469. The van der Waals surface area contributed by atoms with Crippen LogP contribution >= 0.6 is 27.7 Å². The highest BCUT2D eigenvalue weighted by molar-refractivity contribution is 9.10. The number of carbonyl (C=O) groups is 1. The predicted molar refractivity (Wildman–Crippen MR) is 71.3 cm³/mol. The maximum Gasteiger partial charge on any atom is 0.417 e. The lowest BCUT2D eigenvalue weighted by Gasteiger charge is -2.10. The topological polar surface area (TPSA) is 17.1 Å². The van der Waals surface area contributed by atoms with E-state index in [4.69, 9.17) is 0 Å². The van der Waals surface area contributed by atoms with Crippen LogP contribution in [0, 0.1) is 0 Å². The van der Waals surface area contributed by atoms with E-state index >= 15 is 0 Å². The average Bonchev–Trinajstić information content (AvgIpc) is 2.24. The minimum Gasteiger partial charge on any atom is -0.288 e. The maximum atomic E-state index is 12.8. The number of rotatable bonds is 3. The number of hydrogen-bond donors (Lipinski definition) is 0. The Morgan fingerprint density at radius 1 is 1.44 bits per heavy atom. The molecule has 0 saturated carbocycles.